The van der Waals surface area contributed by atoms with Gasteiger partial charge in [0.25, 0.3) is 5.91 Å². The summed E-state index contributed by atoms with van der Waals surface area (Å²) in [4.78, 5) is 28.9. The second-order valence-electron chi connectivity index (χ2n) is 6.60. The number of amides is 1. The molecule has 2 aromatic carbocycles. The average Bonchev–Trinajstić information content (AvgIpc) is 3.14. The van der Waals surface area contributed by atoms with Crippen LogP contribution in [0.1, 0.15) is 31.2 Å². The van der Waals surface area contributed by atoms with Crippen LogP contribution >= 0.6 is 11.3 Å². The number of anilines is 1. The number of fused-ring (bicyclic) bond motifs is 1. The minimum absolute atomic E-state index is 0.275. The molecular formula is C22H24N2O4S. The third-order valence-corrected chi connectivity index (χ3v) is 5.50. The molecule has 0 spiro atoms. The molecule has 1 heterocycles. The third kappa shape index (κ3) is 5.77. The van der Waals surface area contributed by atoms with E-state index in [1.165, 1.54) is 11.8 Å². The van der Waals surface area contributed by atoms with Crippen LogP contribution in [0.5, 0.6) is 5.75 Å². The number of aryl methyl sites for hydroxylation is 1. The lowest BCUT2D eigenvalue weighted by atomic mass is 10.2. The molecule has 0 bridgehead atoms. The number of esters is 1. The molecule has 3 aromatic rings. The van der Waals surface area contributed by atoms with Gasteiger partial charge >= 0.3 is 5.97 Å². The van der Waals surface area contributed by atoms with Crippen molar-refractivity contribution in [2.24, 2.45) is 0 Å². The lowest BCUT2D eigenvalue weighted by molar-refractivity contribution is -0.153. The summed E-state index contributed by atoms with van der Waals surface area (Å²) < 4.78 is 11.6. The quantitative estimate of drug-likeness (QED) is 0.411. The van der Waals surface area contributed by atoms with Gasteiger partial charge in [0.2, 0.25) is 0 Å². The maximum absolute atomic E-state index is 12.3. The van der Waals surface area contributed by atoms with E-state index in [1.54, 1.807) is 36.5 Å². The van der Waals surface area contributed by atoms with E-state index in [4.69, 9.17) is 9.47 Å². The largest absolute Gasteiger partial charge is 0.495 e. The van der Waals surface area contributed by atoms with Crippen molar-refractivity contribution in [3.05, 3.63) is 53.5 Å². The van der Waals surface area contributed by atoms with Gasteiger partial charge < -0.3 is 14.8 Å². The van der Waals surface area contributed by atoms with Crippen molar-refractivity contribution in [1.82, 2.24) is 4.98 Å². The van der Waals surface area contributed by atoms with Gasteiger partial charge in [-0.15, -0.1) is 11.3 Å². The Morgan fingerprint density at radius 3 is 2.66 bits per heavy atom. The Kier molecular flexibility index (Phi) is 7.19. The predicted molar refractivity (Wildman–Crippen MR) is 114 cm³/mol. The minimum Gasteiger partial charge on any atom is -0.495 e. The molecule has 1 N–H and O–H groups in total. The van der Waals surface area contributed by atoms with Crippen LogP contribution in [0.2, 0.25) is 0 Å². The molecule has 6 nitrogen and oxygen atoms in total. The molecule has 1 amide bonds. The van der Waals surface area contributed by atoms with Crippen LogP contribution in [0.4, 0.5) is 5.69 Å². The maximum Gasteiger partial charge on any atom is 0.306 e. The molecule has 0 radical (unpaired) electrons. The first kappa shape index (κ1) is 20.8. The lowest BCUT2D eigenvalue weighted by Crippen LogP contribution is -2.30. The molecule has 3 rings (SSSR count). The SMILES string of the molecule is COc1ccccc1NC(=O)[C@@H](C)OC(=O)CCCCc1nc2ccccc2s1. The van der Waals surface area contributed by atoms with Gasteiger partial charge in [0.05, 0.1) is 28.0 Å². The maximum atomic E-state index is 12.3. The number of carbonyl (C=O) groups excluding carboxylic acids is 2. The molecule has 0 saturated heterocycles. The lowest BCUT2D eigenvalue weighted by Gasteiger charge is -2.15. The zero-order valence-electron chi connectivity index (χ0n) is 16.5. The van der Waals surface area contributed by atoms with Crippen molar-refractivity contribution in [2.45, 2.75) is 38.7 Å². The molecular weight excluding hydrogens is 388 g/mol. The zero-order chi connectivity index (χ0) is 20.6. The second-order valence-corrected chi connectivity index (χ2v) is 7.72. The summed E-state index contributed by atoms with van der Waals surface area (Å²) in [5.41, 5.74) is 1.56. The van der Waals surface area contributed by atoms with Crippen LogP contribution in [0, 0.1) is 0 Å². The summed E-state index contributed by atoms with van der Waals surface area (Å²) in [5.74, 6) is -0.219. The molecule has 0 unspecified atom stereocenters. The highest BCUT2D eigenvalue weighted by Gasteiger charge is 2.19. The number of hydrogen-bond acceptors (Lipinski definition) is 6. The molecule has 7 heteroatoms. The number of methoxy groups -OCH3 is 1. The number of hydrogen-bond donors (Lipinski definition) is 1. The van der Waals surface area contributed by atoms with E-state index in [1.807, 2.05) is 24.3 Å². The molecule has 152 valence electrons. The molecule has 0 aliphatic rings. The van der Waals surface area contributed by atoms with Crippen molar-refractivity contribution < 1.29 is 19.1 Å². The van der Waals surface area contributed by atoms with Crippen molar-refractivity contribution in [3.8, 4) is 5.75 Å². The number of nitrogens with zero attached hydrogens (tertiary/aromatic N) is 1. The number of ether oxygens (including phenoxy) is 2. The van der Waals surface area contributed by atoms with Crippen LogP contribution in [0.25, 0.3) is 10.2 Å². The van der Waals surface area contributed by atoms with Crippen molar-refractivity contribution in [3.63, 3.8) is 0 Å². The number of carbonyl (C=O) groups is 2. The Hall–Kier alpha value is -2.93. The third-order valence-electron chi connectivity index (χ3n) is 4.40. The van der Waals surface area contributed by atoms with Crippen LogP contribution in [-0.4, -0.2) is 30.1 Å². The Labute approximate surface area is 173 Å². The predicted octanol–water partition coefficient (Wildman–Crippen LogP) is 4.59. The van der Waals surface area contributed by atoms with Gasteiger partial charge in [-0.05, 0) is 50.5 Å². The number of aromatic nitrogens is 1. The molecule has 1 aromatic heterocycles. The average molecular weight is 413 g/mol. The number of unbranched alkanes of at least 4 members (excludes halogenated alkanes) is 1. The topological polar surface area (TPSA) is 77.5 Å². The van der Waals surface area contributed by atoms with E-state index in [-0.39, 0.29) is 12.4 Å². The van der Waals surface area contributed by atoms with E-state index in [0.29, 0.717) is 17.9 Å². The molecule has 0 fully saturated rings. The fraction of sp³-hybridized carbons (Fsp3) is 0.318. The van der Waals surface area contributed by atoms with E-state index in [0.717, 1.165) is 23.4 Å². The second kappa shape index (κ2) is 10.0. The van der Waals surface area contributed by atoms with E-state index in [9.17, 15) is 9.59 Å². The first-order valence-electron chi connectivity index (χ1n) is 9.54. The van der Waals surface area contributed by atoms with Gasteiger partial charge in [0.1, 0.15) is 5.75 Å². The van der Waals surface area contributed by atoms with E-state index >= 15 is 0 Å². The molecule has 1 atom stereocenters. The van der Waals surface area contributed by atoms with Crippen molar-refractivity contribution in [2.75, 3.05) is 12.4 Å². The van der Waals surface area contributed by atoms with Gasteiger partial charge in [-0.2, -0.15) is 0 Å². The minimum atomic E-state index is -0.878. The van der Waals surface area contributed by atoms with E-state index in [2.05, 4.69) is 16.4 Å². The summed E-state index contributed by atoms with van der Waals surface area (Å²) in [7, 11) is 1.53. The summed E-state index contributed by atoms with van der Waals surface area (Å²) in [6.45, 7) is 1.56. The van der Waals surface area contributed by atoms with Gasteiger partial charge in [-0.3, -0.25) is 9.59 Å². The number of benzene rings is 2. The number of thiazole rings is 1. The smallest absolute Gasteiger partial charge is 0.306 e. The first-order valence-corrected chi connectivity index (χ1v) is 10.4. The molecule has 0 aliphatic heterocycles. The summed E-state index contributed by atoms with van der Waals surface area (Å²) in [6, 6.07) is 15.1. The molecule has 0 saturated carbocycles. The molecule has 29 heavy (non-hydrogen) atoms. The first-order chi connectivity index (χ1) is 14.1. The number of rotatable bonds is 9. The van der Waals surface area contributed by atoms with Gasteiger partial charge in [-0.25, -0.2) is 4.98 Å². The summed E-state index contributed by atoms with van der Waals surface area (Å²) in [6.07, 6.45) is 1.76. The summed E-state index contributed by atoms with van der Waals surface area (Å²) in [5, 5.41) is 3.79. The Bertz CT molecular complexity index is 953. The summed E-state index contributed by atoms with van der Waals surface area (Å²) >= 11 is 1.68. The monoisotopic (exact) mass is 412 g/mol. The Balaban J connectivity index is 1.39. The van der Waals surface area contributed by atoms with Gasteiger partial charge in [-0.1, -0.05) is 24.3 Å². The fourth-order valence-corrected chi connectivity index (χ4v) is 3.87. The Morgan fingerprint density at radius 1 is 1.10 bits per heavy atom. The highest BCUT2D eigenvalue weighted by Crippen LogP contribution is 2.24. The molecule has 0 aliphatic carbocycles. The van der Waals surface area contributed by atoms with Crippen LogP contribution in [0.15, 0.2) is 48.5 Å². The van der Waals surface area contributed by atoms with Crippen molar-refractivity contribution >= 4 is 39.1 Å². The highest BCUT2D eigenvalue weighted by molar-refractivity contribution is 7.18. The van der Waals surface area contributed by atoms with Crippen LogP contribution in [-0.2, 0) is 20.7 Å². The van der Waals surface area contributed by atoms with Crippen molar-refractivity contribution in [1.29, 1.82) is 0 Å². The van der Waals surface area contributed by atoms with Gasteiger partial charge in [0.15, 0.2) is 6.10 Å². The standard InChI is InChI=1S/C22H24N2O4S/c1-15(22(26)24-16-9-3-5-11-18(16)27-2)28-21(25)14-8-7-13-20-23-17-10-4-6-12-19(17)29-20/h3-6,9-12,15H,7-8,13-14H2,1-2H3,(H,24,26)/t15-/m1/s1. The number of nitrogens with one attached hydrogen (secondary N) is 1. The Morgan fingerprint density at radius 2 is 1.86 bits per heavy atom. The highest BCUT2D eigenvalue weighted by atomic mass is 32.1. The fourth-order valence-electron chi connectivity index (χ4n) is 2.86. The van der Waals surface area contributed by atoms with E-state index < -0.39 is 12.0 Å². The van der Waals surface area contributed by atoms with Gasteiger partial charge in [0, 0.05) is 6.42 Å². The normalized spacial score (nSPS) is 11.8. The number of para-hydroxylation sites is 3. The van der Waals surface area contributed by atoms with Crippen LogP contribution < -0.4 is 10.1 Å². The zero-order valence-corrected chi connectivity index (χ0v) is 17.3. The van der Waals surface area contributed by atoms with Crippen LogP contribution in [0.3, 0.4) is 0 Å².